The molecule has 9 heteroatoms. The van der Waals surface area contributed by atoms with Gasteiger partial charge in [-0.3, -0.25) is 0 Å². The number of hydrogen-bond donors (Lipinski definition) is 0. The molecule has 0 aliphatic carbocycles. The Kier molecular flexibility index (Phi) is 9.47. The van der Waals surface area contributed by atoms with Gasteiger partial charge in [0.05, 0.1) is 0 Å². The first-order valence-electron chi connectivity index (χ1n) is 3.40. The zero-order valence-electron chi connectivity index (χ0n) is 6.57. The summed E-state index contributed by atoms with van der Waals surface area (Å²) in [5, 5.41) is 0. The first-order valence-corrected chi connectivity index (χ1v) is 4.78. The minimum absolute atomic E-state index is 0.664. The van der Waals surface area contributed by atoms with E-state index in [2.05, 4.69) is 0 Å². The van der Waals surface area contributed by atoms with Crippen LogP contribution in [0.15, 0.2) is 0 Å². The molecule has 0 aromatic carbocycles. The molecule has 0 aliphatic heterocycles. The van der Waals surface area contributed by atoms with Crippen LogP contribution in [0.5, 0.6) is 0 Å². The Morgan fingerprint density at radius 3 is 2.45 bits per heavy atom. The van der Waals surface area contributed by atoms with Crippen LogP contribution in [0.25, 0.3) is 0 Å². The summed E-state index contributed by atoms with van der Waals surface area (Å²) in [5.41, 5.74) is 0. The van der Waals surface area contributed by atoms with E-state index in [1.807, 2.05) is 6.92 Å². The van der Waals surface area contributed by atoms with Crippen molar-refractivity contribution in [2.24, 2.45) is 0 Å². The molecule has 0 amide bonds. The Balaban J connectivity index is 3.58. The molecule has 0 saturated carbocycles. The number of rotatable bonds is 4. The molecule has 0 bridgehead atoms. The van der Waals surface area contributed by atoms with E-state index in [0.717, 1.165) is 0 Å². The van der Waals surface area contributed by atoms with Crippen molar-refractivity contribution in [1.82, 2.24) is 0 Å². The Bertz CT molecular complexity index is 166. The maximum absolute atomic E-state index is 10.8. The van der Waals surface area contributed by atoms with Gasteiger partial charge in [-0.25, -0.2) is 0 Å². The molecule has 0 heterocycles. The van der Waals surface area contributed by atoms with E-state index < -0.39 is 11.0 Å². The van der Waals surface area contributed by atoms with Crippen LogP contribution < -0.4 is 0 Å². The molecule has 0 aromatic rings. The third kappa shape index (κ3) is 8.67. The second-order valence-electron chi connectivity index (χ2n) is 1.77. The molecule has 0 aromatic heterocycles. The second kappa shape index (κ2) is 8.86. The molecule has 2 radical (unpaired) electrons. The van der Waals surface area contributed by atoms with Gasteiger partial charge in [0.25, 0.3) is 0 Å². The van der Waals surface area contributed by atoms with Gasteiger partial charge in [-0.05, 0) is 0 Å². The molecule has 0 aliphatic rings. The molecular formula is C2H5B7OS. The number of hydrogen-bond acceptors (Lipinski definition) is 1. The standard InChI is InChI=1S/C2H5B7OS/c1-2-11(10)9-8-7-6-5-4-3/h2H2,1H3. The molecular weight excluding hydrogens is 148 g/mol. The Morgan fingerprint density at radius 2 is 1.91 bits per heavy atom. The van der Waals surface area contributed by atoms with E-state index in [-0.39, 0.29) is 0 Å². The van der Waals surface area contributed by atoms with Crippen molar-refractivity contribution in [2.45, 2.75) is 6.92 Å². The van der Waals surface area contributed by atoms with Crippen molar-refractivity contribution in [3.63, 3.8) is 0 Å². The summed E-state index contributed by atoms with van der Waals surface area (Å²) in [6, 6.07) is 0. The first kappa shape index (κ1) is 11.8. The topological polar surface area (TPSA) is 23.1 Å². The van der Waals surface area contributed by atoms with Crippen LogP contribution in [0.4, 0.5) is 0 Å². The summed E-state index contributed by atoms with van der Waals surface area (Å²) in [5.74, 6) is 0.664. The van der Waals surface area contributed by atoms with Gasteiger partial charge in [0.1, 0.15) is 0 Å². The van der Waals surface area contributed by atoms with E-state index in [0.29, 0.717) is 5.75 Å². The summed E-state index contributed by atoms with van der Waals surface area (Å²) in [6.45, 7) is 10.4. The predicted octanol–water partition coefficient (Wildman–Crippen LogP) is -2.45. The molecule has 0 rings (SSSR count). The van der Waals surface area contributed by atoms with Gasteiger partial charge in [-0.15, -0.1) is 0 Å². The molecule has 0 saturated heterocycles. The summed E-state index contributed by atoms with van der Waals surface area (Å²) in [6.07, 6.45) is 1.65. The van der Waals surface area contributed by atoms with Gasteiger partial charge in [0, 0.05) is 0 Å². The van der Waals surface area contributed by atoms with Crippen LogP contribution in [-0.4, -0.2) is 57.6 Å². The van der Waals surface area contributed by atoms with Gasteiger partial charge < -0.3 is 0 Å². The fourth-order valence-electron chi connectivity index (χ4n) is 0.422. The van der Waals surface area contributed by atoms with Crippen LogP contribution in [0.2, 0.25) is 0 Å². The van der Waals surface area contributed by atoms with Crippen molar-refractivity contribution >= 4 is 58.3 Å². The Hall–Kier alpha value is 0.765. The van der Waals surface area contributed by atoms with Crippen molar-refractivity contribution in [3.8, 4) is 0 Å². The third-order valence-electron chi connectivity index (χ3n) is 0.959. The molecule has 1 nitrogen and oxygen atoms in total. The average molecular weight is 153 g/mol. The Morgan fingerprint density at radius 1 is 1.27 bits per heavy atom. The predicted molar refractivity (Wildman–Crippen MR) is 59.0 cm³/mol. The maximum atomic E-state index is 10.8. The van der Waals surface area contributed by atoms with Crippen LogP contribution in [0, 0.1) is 0 Å². The molecule has 1 atom stereocenters. The molecule has 11 heavy (non-hydrogen) atoms. The van der Waals surface area contributed by atoms with Crippen molar-refractivity contribution < 1.29 is 4.55 Å². The van der Waals surface area contributed by atoms with Gasteiger partial charge in [-0.1, -0.05) is 0 Å². The molecule has 46 valence electrons. The summed E-state index contributed by atoms with van der Waals surface area (Å²) < 4.78 is 10.8. The molecule has 1 unspecified atom stereocenters. The zero-order chi connectivity index (χ0) is 8.53. The first-order chi connectivity index (χ1) is 5.31. The van der Waals surface area contributed by atoms with Crippen molar-refractivity contribution in [1.29, 1.82) is 0 Å². The van der Waals surface area contributed by atoms with Gasteiger partial charge in [-0.2, -0.15) is 0 Å². The van der Waals surface area contributed by atoms with Crippen molar-refractivity contribution in [3.05, 3.63) is 0 Å². The van der Waals surface area contributed by atoms with E-state index in [1.165, 1.54) is 6.69 Å². The molecule has 0 fully saturated rings. The van der Waals surface area contributed by atoms with Gasteiger partial charge >= 0.3 is 75.5 Å². The summed E-state index contributed by atoms with van der Waals surface area (Å²) in [4.78, 5) is 0. The SMILES string of the molecule is [B]B=BB=BB=B[S+]([O-])CC. The van der Waals surface area contributed by atoms with E-state index in [1.54, 1.807) is 32.9 Å². The fourth-order valence-corrected chi connectivity index (χ4v) is 0.880. The quantitative estimate of drug-likeness (QED) is 0.324. The van der Waals surface area contributed by atoms with Crippen LogP contribution in [0.3, 0.4) is 0 Å². The van der Waals surface area contributed by atoms with E-state index >= 15 is 0 Å². The third-order valence-corrected chi connectivity index (χ3v) is 1.99. The zero-order valence-corrected chi connectivity index (χ0v) is 7.38. The van der Waals surface area contributed by atoms with Gasteiger partial charge in [0.2, 0.25) is 0 Å². The van der Waals surface area contributed by atoms with Gasteiger partial charge in [0.15, 0.2) is 0 Å². The average Bonchev–Trinajstić information content (AvgIpc) is 2.04. The normalized spacial score (nSPS) is 11.1. The molecule has 0 N–H and O–H groups in total. The fraction of sp³-hybridized carbons (Fsp3) is 1.00. The minimum atomic E-state index is -0.820. The monoisotopic (exact) mass is 154 g/mol. The van der Waals surface area contributed by atoms with E-state index in [4.69, 9.17) is 7.74 Å². The van der Waals surface area contributed by atoms with Crippen LogP contribution >= 0.6 is 0 Å². The summed E-state index contributed by atoms with van der Waals surface area (Å²) >= 11 is -0.820. The molecule has 0 spiro atoms. The second-order valence-corrected chi connectivity index (χ2v) is 3.38. The summed E-state index contributed by atoms with van der Waals surface area (Å²) in [7, 11) is 5.08. The van der Waals surface area contributed by atoms with Crippen molar-refractivity contribution in [2.75, 3.05) is 5.75 Å². The van der Waals surface area contributed by atoms with Crippen LogP contribution in [0.1, 0.15) is 6.92 Å². The van der Waals surface area contributed by atoms with E-state index in [9.17, 15) is 4.55 Å². The van der Waals surface area contributed by atoms with Crippen LogP contribution in [-0.2, 0) is 11.0 Å². The Labute approximate surface area is 75.9 Å².